The molecule has 0 saturated heterocycles. The van der Waals surface area contributed by atoms with Crippen LogP contribution in [-0.4, -0.2) is 29.8 Å². The Morgan fingerprint density at radius 1 is 1.03 bits per heavy atom. The van der Waals surface area contributed by atoms with Gasteiger partial charge >= 0.3 is 6.18 Å². The molecule has 148 valence electrons. The van der Waals surface area contributed by atoms with Gasteiger partial charge in [-0.3, -0.25) is 14.6 Å². The minimum absolute atomic E-state index is 0.249. The van der Waals surface area contributed by atoms with Gasteiger partial charge in [-0.2, -0.15) is 13.2 Å². The number of anilines is 2. The van der Waals surface area contributed by atoms with Crippen LogP contribution in [0.25, 0.3) is 10.9 Å². The van der Waals surface area contributed by atoms with E-state index in [1.807, 2.05) is 0 Å². The summed E-state index contributed by atoms with van der Waals surface area (Å²) in [6.45, 7) is 0.829. The van der Waals surface area contributed by atoms with E-state index in [-0.39, 0.29) is 5.52 Å². The topological polar surface area (TPSA) is 62.3 Å². The SMILES string of the molecule is O=C1C(=O)N(CCCNc2ccnc3cc(C(F)(F)F)ccc23)c2ccccc21. The van der Waals surface area contributed by atoms with Crippen LogP contribution >= 0.6 is 0 Å². The van der Waals surface area contributed by atoms with Crippen molar-refractivity contribution in [1.82, 2.24) is 4.98 Å². The molecule has 2 aromatic carbocycles. The van der Waals surface area contributed by atoms with Gasteiger partial charge in [0.15, 0.2) is 0 Å². The number of amides is 1. The van der Waals surface area contributed by atoms with Crippen molar-refractivity contribution in [1.29, 1.82) is 0 Å². The van der Waals surface area contributed by atoms with E-state index < -0.39 is 23.4 Å². The number of carbonyl (C=O) groups excluding carboxylic acids is 2. The highest BCUT2D eigenvalue weighted by atomic mass is 19.4. The average molecular weight is 399 g/mol. The molecule has 0 aliphatic carbocycles. The van der Waals surface area contributed by atoms with E-state index in [9.17, 15) is 22.8 Å². The molecular formula is C21H16F3N3O2. The lowest BCUT2D eigenvalue weighted by Crippen LogP contribution is -2.31. The number of ketones is 1. The summed E-state index contributed by atoms with van der Waals surface area (Å²) in [5.74, 6) is -1.05. The quantitative estimate of drug-likeness (QED) is 0.514. The molecule has 2 heterocycles. The van der Waals surface area contributed by atoms with Crippen LogP contribution in [0.2, 0.25) is 0 Å². The predicted molar refractivity (Wildman–Crippen MR) is 103 cm³/mol. The smallest absolute Gasteiger partial charge is 0.384 e. The maximum atomic E-state index is 12.9. The standard InChI is InChI=1S/C21H16F3N3O2/c22-21(23,24)13-6-7-14-16(8-10-26-17(14)12-13)25-9-3-11-27-18-5-2-1-4-15(18)19(28)20(27)29/h1-2,4-8,10,12H,3,9,11H2,(H,25,26). The molecule has 5 nitrogen and oxygen atoms in total. The van der Waals surface area contributed by atoms with Crippen molar-refractivity contribution in [2.24, 2.45) is 0 Å². The van der Waals surface area contributed by atoms with Crippen molar-refractivity contribution in [3.05, 3.63) is 65.9 Å². The Kier molecular flexibility index (Phi) is 4.70. The minimum Gasteiger partial charge on any atom is -0.384 e. The average Bonchev–Trinajstić information content (AvgIpc) is 2.95. The molecule has 1 amide bonds. The maximum absolute atomic E-state index is 12.9. The van der Waals surface area contributed by atoms with Gasteiger partial charge in [0.1, 0.15) is 0 Å². The number of halogens is 3. The largest absolute Gasteiger partial charge is 0.416 e. The van der Waals surface area contributed by atoms with Gasteiger partial charge in [-0.15, -0.1) is 0 Å². The highest BCUT2D eigenvalue weighted by Gasteiger charge is 2.34. The molecule has 0 bridgehead atoms. The number of fused-ring (bicyclic) bond motifs is 2. The van der Waals surface area contributed by atoms with Crippen LogP contribution in [0.1, 0.15) is 22.3 Å². The number of hydrogen-bond donors (Lipinski definition) is 1. The van der Waals surface area contributed by atoms with Gasteiger partial charge in [-0.1, -0.05) is 18.2 Å². The number of aromatic nitrogens is 1. The van der Waals surface area contributed by atoms with Crippen LogP contribution in [0.5, 0.6) is 0 Å². The summed E-state index contributed by atoms with van der Waals surface area (Å²) in [5.41, 5.74) is 1.18. The Hall–Kier alpha value is -3.42. The van der Waals surface area contributed by atoms with Crippen molar-refractivity contribution >= 4 is 34.0 Å². The predicted octanol–water partition coefficient (Wildman–Crippen LogP) is 4.29. The number of nitrogens with one attached hydrogen (secondary N) is 1. The van der Waals surface area contributed by atoms with Crippen LogP contribution in [0.3, 0.4) is 0 Å². The second kappa shape index (κ2) is 7.20. The third-order valence-corrected chi connectivity index (χ3v) is 4.82. The first-order chi connectivity index (χ1) is 13.9. The first-order valence-corrected chi connectivity index (χ1v) is 9.01. The van der Waals surface area contributed by atoms with Crippen LogP contribution in [0, 0.1) is 0 Å². The molecule has 8 heteroatoms. The minimum atomic E-state index is -4.42. The van der Waals surface area contributed by atoms with Crippen molar-refractivity contribution in [3.63, 3.8) is 0 Å². The van der Waals surface area contributed by atoms with Crippen LogP contribution in [0.15, 0.2) is 54.7 Å². The molecule has 1 aliphatic heterocycles. The summed E-state index contributed by atoms with van der Waals surface area (Å²) in [7, 11) is 0. The Labute approximate surface area is 164 Å². The van der Waals surface area contributed by atoms with E-state index in [1.54, 1.807) is 30.3 Å². The van der Waals surface area contributed by atoms with Gasteiger partial charge in [-0.25, -0.2) is 0 Å². The van der Waals surface area contributed by atoms with Gasteiger partial charge in [0.05, 0.1) is 22.3 Å². The molecule has 0 fully saturated rings. The lowest BCUT2D eigenvalue weighted by Gasteiger charge is -2.17. The molecule has 0 radical (unpaired) electrons. The van der Waals surface area contributed by atoms with Gasteiger partial charge in [0.25, 0.3) is 11.7 Å². The summed E-state index contributed by atoms with van der Waals surface area (Å²) < 4.78 is 38.6. The third-order valence-electron chi connectivity index (χ3n) is 4.82. The van der Waals surface area contributed by atoms with E-state index >= 15 is 0 Å². The highest BCUT2D eigenvalue weighted by Crippen LogP contribution is 2.32. The van der Waals surface area contributed by atoms with Gasteiger partial charge < -0.3 is 10.2 Å². The fourth-order valence-electron chi connectivity index (χ4n) is 3.41. The van der Waals surface area contributed by atoms with Crippen molar-refractivity contribution in [3.8, 4) is 0 Å². The second-order valence-electron chi connectivity index (χ2n) is 6.67. The molecule has 0 saturated carbocycles. The molecule has 29 heavy (non-hydrogen) atoms. The number of benzene rings is 2. The summed E-state index contributed by atoms with van der Waals surface area (Å²) >= 11 is 0. The molecule has 0 spiro atoms. The number of pyridine rings is 1. The van der Waals surface area contributed by atoms with Gasteiger partial charge in [-0.05, 0) is 36.8 Å². The van der Waals surface area contributed by atoms with E-state index in [2.05, 4.69) is 10.3 Å². The van der Waals surface area contributed by atoms with Gasteiger partial charge in [0, 0.05) is 30.4 Å². The monoisotopic (exact) mass is 399 g/mol. The van der Waals surface area contributed by atoms with Crippen LogP contribution in [0.4, 0.5) is 24.5 Å². The Balaban J connectivity index is 1.43. The fraction of sp³-hybridized carbons (Fsp3) is 0.190. The fourth-order valence-corrected chi connectivity index (χ4v) is 3.41. The normalized spacial score (nSPS) is 13.8. The number of Topliss-reactive ketones (excluding diaryl/α,β-unsaturated/α-hetero) is 1. The zero-order valence-corrected chi connectivity index (χ0v) is 15.2. The van der Waals surface area contributed by atoms with Crippen LogP contribution in [-0.2, 0) is 11.0 Å². The Bertz CT molecular complexity index is 1110. The van der Waals surface area contributed by atoms with Crippen molar-refractivity contribution in [2.45, 2.75) is 12.6 Å². The first-order valence-electron chi connectivity index (χ1n) is 9.01. The van der Waals surface area contributed by atoms with Crippen molar-refractivity contribution < 1.29 is 22.8 Å². The molecule has 0 atom stereocenters. The molecular weight excluding hydrogens is 383 g/mol. The summed E-state index contributed by atoms with van der Waals surface area (Å²) in [6.07, 6.45) is -2.42. The van der Waals surface area contributed by atoms with Gasteiger partial charge in [0.2, 0.25) is 0 Å². The molecule has 1 N–H and O–H groups in total. The van der Waals surface area contributed by atoms with E-state index in [0.29, 0.717) is 41.8 Å². The van der Waals surface area contributed by atoms with E-state index in [0.717, 1.165) is 12.1 Å². The highest BCUT2D eigenvalue weighted by molar-refractivity contribution is 6.52. The second-order valence-corrected chi connectivity index (χ2v) is 6.67. The number of carbonyl (C=O) groups is 2. The van der Waals surface area contributed by atoms with Crippen LogP contribution < -0.4 is 10.2 Å². The molecule has 1 aliphatic rings. The number of para-hydroxylation sites is 1. The number of alkyl halides is 3. The number of nitrogens with zero attached hydrogens (tertiary/aromatic N) is 2. The summed E-state index contributed by atoms with van der Waals surface area (Å²) in [4.78, 5) is 29.7. The lowest BCUT2D eigenvalue weighted by atomic mass is 10.1. The Morgan fingerprint density at radius 2 is 1.83 bits per heavy atom. The summed E-state index contributed by atoms with van der Waals surface area (Å²) in [6, 6.07) is 12.0. The molecule has 0 unspecified atom stereocenters. The van der Waals surface area contributed by atoms with Crippen molar-refractivity contribution in [2.75, 3.05) is 23.3 Å². The third kappa shape index (κ3) is 3.53. The molecule has 1 aromatic heterocycles. The zero-order chi connectivity index (χ0) is 20.6. The number of hydrogen-bond acceptors (Lipinski definition) is 4. The summed E-state index contributed by atoms with van der Waals surface area (Å²) in [5, 5.41) is 3.76. The zero-order valence-electron chi connectivity index (χ0n) is 15.2. The first kappa shape index (κ1) is 18.9. The maximum Gasteiger partial charge on any atom is 0.416 e. The number of rotatable bonds is 5. The Morgan fingerprint density at radius 3 is 2.62 bits per heavy atom. The molecule has 4 rings (SSSR count). The van der Waals surface area contributed by atoms with E-state index in [4.69, 9.17) is 0 Å². The molecule has 3 aromatic rings. The lowest BCUT2D eigenvalue weighted by molar-refractivity contribution is -0.137. The van der Waals surface area contributed by atoms with E-state index in [1.165, 1.54) is 17.2 Å².